The number of H-pyrrole nitrogens is 1. The summed E-state index contributed by atoms with van der Waals surface area (Å²) in [5, 5.41) is 0. The van der Waals surface area contributed by atoms with Gasteiger partial charge in [-0.2, -0.15) is 0 Å². The number of nitrogens with zero attached hydrogens (tertiary/aromatic N) is 1. The molecule has 0 atom stereocenters. The number of aromatic amines is 1. The Morgan fingerprint density at radius 3 is 2.75 bits per heavy atom. The minimum Gasteiger partial charge on any atom is -0.331 e. The average molecular weight is 418 g/mol. The van der Waals surface area contributed by atoms with E-state index in [1.165, 1.54) is 15.3 Å². The molecule has 0 aliphatic rings. The van der Waals surface area contributed by atoms with Crippen LogP contribution in [0.2, 0.25) is 0 Å². The van der Waals surface area contributed by atoms with Gasteiger partial charge in [-0.1, -0.05) is 0 Å². The Bertz CT molecular complexity index is 841. The highest BCUT2D eigenvalue weighted by molar-refractivity contribution is 14.1. The van der Waals surface area contributed by atoms with E-state index in [2.05, 4.69) is 24.9 Å². The first-order valence-corrected chi connectivity index (χ1v) is 8.39. The van der Waals surface area contributed by atoms with Crippen molar-refractivity contribution < 1.29 is 4.39 Å². The van der Waals surface area contributed by atoms with Gasteiger partial charge in [-0.05, 0) is 66.4 Å². The van der Waals surface area contributed by atoms with Gasteiger partial charge in [0.15, 0.2) is 4.77 Å². The van der Waals surface area contributed by atoms with Crippen molar-refractivity contribution in [1.29, 1.82) is 0 Å². The lowest BCUT2D eigenvalue weighted by molar-refractivity contribution is 0.621. The third-order valence-electron chi connectivity index (χ3n) is 3.35. The lowest BCUT2D eigenvalue weighted by Crippen LogP contribution is -1.98. The van der Waals surface area contributed by atoms with Crippen molar-refractivity contribution >= 4 is 57.2 Å². The van der Waals surface area contributed by atoms with E-state index >= 15 is 0 Å². The van der Waals surface area contributed by atoms with Crippen LogP contribution in [-0.4, -0.2) is 9.55 Å². The van der Waals surface area contributed by atoms with Gasteiger partial charge < -0.3 is 9.55 Å². The van der Waals surface area contributed by atoms with E-state index in [1.54, 1.807) is 23.5 Å². The van der Waals surface area contributed by atoms with Crippen LogP contribution in [0.1, 0.15) is 15.3 Å². The summed E-state index contributed by atoms with van der Waals surface area (Å²) in [5.74, 6) is -0.209. The lowest BCUT2D eigenvalue weighted by Gasteiger charge is -2.03. The van der Waals surface area contributed by atoms with E-state index in [0.29, 0.717) is 14.9 Å². The summed E-state index contributed by atoms with van der Waals surface area (Å²) in [5.41, 5.74) is 2.99. The highest BCUT2D eigenvalue weighted by Gasteiger charge is 2.10. The van der Waals surface area contributed by atoms with Crippen molar-refractivity contribution in [1.82, 2.24) is 9.55 Å². The molecule has 2 heterocycles. The maximum Gasteiger partial charge on any atom is 0.178 e. The second kappa shape index (κ2) is 5.23. The smallest absolute Gasteiger partial charge is 0.178 e. The van der Waals surface area contributed by atoms with E-state index in [1.807, 2.05) is 27.2 Å². The number of aryl methyl sites for hydroxylation is 2. The van der Waals surface area contributed by atoms with Gasteiger partial charge in [0.2, 0.25) is 0 Å². The Morgan fingerprint density at radius 2 is 2.10 bits per heavy atom. The monoisotopic (exact) mass is 418 g/mol. The summed E-state index contributed by atoms with van der Waals surface area (Å²) in [6.07, 6.45) is 0. The number of hydrogen-bond donors (Lipinski definition) is 1. The van der Waals surface area contributed by atoms with Gasteiger partial charge in [0.1, 0.15) is 5.82 Å². The van der Waals surface area contributed by atoms with E-state index in [4.69, 9.17) is 12.2 Å². The second-order valence-electron chi connectivity index (χ2n) is 4.75. The van der Waals surface area contributed by atoms with Crippen molar-refractivity contribution in [3.05, 3.63) is 47.7 Å². The Kier molecular flexibility index (Phi) is 3.72. The molecule has 3 rings (SSSR count). The fourth-order valence-electron chi connectivity index (χ4n) is 2.19. The third-order valence-corrected chi connectivity index (χ3v) is 5.63. The number of imidazole rings is 1. The number of benzene rings is 1. The standard InChI is InChI=1S/C14H12FIN2S2/c1-7-3-9(20-8(7)2)6-18-13-4-10(15)11(16)5-12(13)17-14(18)19/h3-5H,6H2,1-2H3,(H,17,19). The largest absolute Gasteiger partial charge is 0.331 e. The highest BCUT2D eigenvalue weighted by Crippen LogP contribution is 2.25. The molecular formula is C14H12FIN2S2. The number of aromatic nitrogens is 2. The molecule has 3 aromatic rings. The van der Waals surface area contributed by atoms with Crippen molar-refractivity contribution in [2.75, 3.05) is 0 Å². The molecular weight excluding hydrogens is 406 g/mol. The molecule has 0 aliphatic heterocycles. The summed E-state index contributed by atoms with van der Waals surface area (Å²) in [6.45, 7) is 4.89. The van der Waals surface area contributed by atoms with Gasteiger partial charge in [-0.25, -0.2) is 4.39 Å². The normalized spacial score (nSPS) is 11.4. The van der Waals surface area contributed by atoms with Gasteiger partial charge in [0.05, 0.1) is 21.1 Å². The summed E-state index contributed by atoms with van der Waals surface area (Å²) in [6, 6.07) is 5.52. The molecule has 0 saturated carbocycles. The van der Waals surface area contributed by atoms with Crippen LogP contribution in [0.3, 0.4) is 0 Å². The highest BCUT2D eigenvalue weighted by atomic mass is 127. The van der Waals surface area contributed by atoms with Crippen LogP contribution in [0.25, 0.3) is 11.0 Å². The van der Waals surface area contributed by atoms with Crippen LogP contribution < -0.4 is 0 Å². The van der Waals surface area contributed by atoms with Crippen LogP contribution in [0.5, 0.6) is 0 Å². The quantitative estimate of drug-likeness (QED) is 0.450. The Hall–Kier alpha value is -0.730. The number of halogens is 2. The molecule has 0 aliphatic carbocycles. The van der Waals surface area contributed by atoms with Gasteiger partial charge in [-0.3, -0.25) is 0 Å². The molecule has 0 unspecified atom stereocenters. The Morgan fingerprint density at radius 1 is 1.35 bits per heavy atom. The van der Waals surface area contributed by atoms with Gasteiger partial charge in [-0.15, -0.1) is 11.3 Å². The first-order chi connectivity index (χ1) is 9.45. The maximum atomic E-state index is 13.8. The number of fused-ring (bicyclic) bond motifs is 1. The van der Waals surface area contributed by atoms with Crippen LogP contribution in [-0.2, 0) is 6.54 Å². The van der Waals surface area contributed by atoms with Gasteiger partial charge >= 0.3 is 0 Å². The fourth-order valence-corrected chi connectivity index (χ4v) is 3.97. The van der Waals surface area contributed by atoms with E-state index in [9.17, 15) is 4.39 Å². The SMILES string of the molecule is Cc1cc(Cn2c(=S)[nH]c3cc(I)c(F)cc32)sc1C. The Labute approximate surface area is 138 Å². The molecule has 1 aromatic carbocycles. The molecule has 0 spiro atoms. The molecule has 1 N–H and O–H groups in total. The van der Waals surface area contributed by atoms with Crippen molar-refractivity contribution in [2.24, 2.45) is 0 Å². The number of thiophene rings is 1. The summed E-state index contributed by atoms with van der Waals surface area (Å²) in [4.78, 5) is 5.69. The van der Waals surface area contributed by atoms with Gasteiger partial charge in [0.25, 0.3) is 0 Å². The summed E-state index contributed by atoms with van der Waals surface area (Å²) < 4.78 is 17.0. The number of hydrogen-bond acceptors (Lipinski definition) is 2. The zero-order chi connectivity index (χ0) is 14.4. The molecule has 2 nitrogen and oxygen atoms in total. The van der Waals surface area contributed by atoms with E-state index < -0.39 is 0 Å². The van der Waals surface area contributed by atoms with Crippen LogP contribution in [0, 0.1) is 28.0 Å². The lowest BCUT2D eigenvalue weighted by atomic mass is 10.3. The molecule has 20 heavy (non-hydrogen) atoms. The maximum absolute atomic E-state index is 13.8. The molecule has 104 valence electrons. The minimum absolute atomic E-state index is 0.209. The average Bonchev–Trinajstić information content (AvgIpc) is 2.83. The predicted octanol–water partition coefficient (Wildman–Crippen LogP) is 5.17. The topological polar surface area (TPSA) is 20.7 Å². The van der Waals surface area contributed by atoms with Crippen LogP contribution in [0.15, 0.2) is 18.2 Å². The molecule has 6 heteroatoms. The predicted molar refractivity (Wildman–Crippen MR) is 92.7 cm³/mol. The van der Waals surface area contributed by atoms with Gasteiger partial charge in [0, 0.05) is 15.8 Å². The minimum atomic E-state index is -0.209. The van der Waals surface area contributed by atoms with E-state index in [0.717, 1.165) is 11.0 Å². The zero-order valence-corrected chi connectivity index (χ0v) is 14.7. The third kappa shape index (κ3) is 2.44. The fraction of sp³-hybridized carbons (Fsp3) is 0.214. The van der Waals surface area contributed by atoms with Crippen molar-refractivity contribution in [3.8, 4) is 0 Å². The van der Waals surface area contributed by atoms with Crippen molar-refractivity contribution in [3.63, 3.8) is 0 Å². The summed E-state index contributed by atoms with van der Waals surface area (Å²) in [7, 11) is 0. The van der Waals surface area contributed by atoms with E-state index in [-0.39, 0.29) is 5.82 Å². The van der Waals surface area contributed by atoms with Crippen LogP contribution >= 0.6 is 46.1 Å². The molecule has 0 radical (unpaired) electrons. The van der Waals surface area contributed by atoms with Crippen LogP contribution in [0.4, 0.5) is 4.39 Å². The molecule has 0 amide bonds. The molecule has 2 aromatic heterocycles. The first-order valence-electron chi connectivity index (χ1n) is 6.09. The number of nitrogens with one attached hydrogen (secondary N) is 1. The number of rotatable bonds is 2. The first kappa shape index (κ1) is 14.2. The molecule has 0 fully saturated rings. The summed E-state index contributed by atoms with van der Waals surface area (Å²) >= 11 is 9.11. The van der Waals surface area contributed by atoms with Crippen molar-refractivity contribution in [2.45, 2.75) is 20.4 Å². The second-order valence-corrected chi connectivity index (χ2v) is 7.64. The molecule has 0 saturated heterocycles. The molecule has 0 bridgehead atoms. The zero-order valence-electron chi connectivity index (χ0n) is 11.0. The Balaban J connectivity index is 2.13.